The van der Waals surface area contributed by atoms with Crippen LogP contribution in [0, 0.1) is 38.8 Å². The topological polar surface area (TPSA) is 174 Å². The molecule has 0 fully saturated rings. The zero-order valence-electron chi connectivity index (χ0n) is 26.2. The molecule has 8 nitrogen and oxygen atoms in total. The van der Waals surface area contributed by atoms with Crippen LogP contribution in [-0.4, -0.2) is 54.8 Å². The van der Waals surface area contributed by atoms with Crippen molar-refractivity contribution in [3.63, 3.8) is 0 Å². The summed E-state index contributed by atoms with van der Waals surface area (Å²) in [6.07, 6.45) is 0.536. The fourth-order valence-electron chi connectivity index (χ4n) is 4.24. The molecule has 0 amide bonds. The van der Waals surface area contributed by atoms with Gasteiger partial charge < -0.3 is 57.5 Å². The summed E-state index contributed by atoms with van der Waals surface area (Å²) < 4.78 is 0. The van der Waals surface area contributed by atoms with Gasteiger partial charge in [-0.2, -0.15) is 0 Å². The third kappa shape index (κ3) is 17.9. The predicted octanol–water partition coefficient (Wildman–Crippen LogP) is 7.17. The quantitative estimate of drug-likeness (QED) is 0.143. The molecule has 0 aliphatic heterocycles. The van der Waals surface area contributed by atoms with Gasteiger partial charge in [0.05, 0.1) is 24.4 Å². The van der Waals surface area contributed by atoms with Crippen molar-refractivity contribution in [3.05, 3.63) is 137 Å². The van der Waals surface area contributed by atoms with Crippen molar-refractivity contribution in [1.82, 2.24) is 9.97 Å². The monoisotopic (exact) mass is 962 g/mol. The molecule has 0 aliphatic rings. The molecular formula is C34H48Ir2N4O4. The molecule has 2 aromatic heterocycles. The Morgan fingerprint density at radius 1 is 0.500 bits per heavy atom. The summed E-state index contributed by atoms with van der Waals surface area (Å²) in [6, 6.07) is 33.6. The van der Waals surface area contributed by atoms with Gasteiger partial charge in [-0.15, -0.1) is 71.8 Å². The molecule has 0 spiro atoms. The Morgan fingerprint density at radius 3 is 1.00 bits per heavy atom. The van der Waals surface area contributed by atoms with E-state index in [-0.39, 0.29) is 67.4 Å². The Bertz CT molecular complexity index is 959. The van der Waals surface area contributed by atoms with E-state index < -0.39 is 36.3 Å². The molecule has 0 radical (unpaired) electrons. The smallest absolute Gasteiger partial charge is 0.693 e. The third-order valence-electron chi connectivity index (χ3n) is 5.97. The van der Waals surface area contributed by atoms with Crippen LogP contribution in [0.4, 0.5) is 0 Å². The van der Waals surface area contributed by atoms with Gasteiger partial charge in [-0.3, -0.25) is 0 Å². The van der Waals surface area contributed by atoms with E-state index in [4.69, 9.17) is 0 Å². The van der Waals surface area contributed by atoms with Crippen LogP contribution in [0.3, 0.4) is 0 Å². The van der Waals surface area contributed by atoms with Gasteiger partial charge in [-0.25, -0.2) is 0 Å². The molecule has 2 heterocycles. The first-order valence-corrected chi connectivity index (χ1v) is 12.7. The number of aromatic nitrogens is 2. The molecule has 4 rings (SSSR count). The number of nitrogens with zero attached hydrogens (tertiary/aromatic N) is 2. The first-order valence-electron chi connectivity index (χ1n) is 12.7. The molecule has 8 N–H and O–H groups in total. The summed E-state index contributed by atoms with van der Waals surface area (Å²) in [4.78, 5) is 8.44. The molecule has 4 unspecified atom stereocenters. The second-order valence-electron chi connectivity index (χ2n) is 9.10. The van der Waals surface area contributed by atoms with E-state index in [0.717, 1.165) is 22.5 Å². The number of aliphatic hydroxyl groups excluding tert-OH is 4. The summed E-state index contributed by atoms with van der Waals surface area (Å²) in [5.41, 5.74) is 4.02. The van der Waals surface area contributed by atoms with Crippen LogP contribution in [0.5, 0.6) is 0 Å². The van der Waals surface area contributed by atoms with E-state index in [9.17, 15) is 20.4 Å². The maximum atomic E-state index is 9.47. The average Bonchev–Trinajstić information content (AvgIpc) is 2.93. The predicted molar refractivity (Wildman–Crippen MR) is 174 cm³/mol. The van der Waals surface area contributed by atoms with Crippen molar-refractivity contribution in [3.8, 4) is 22.5 Å². The van der Waals surface area contributed by atoms with Gasteiger partial charge in [0, 0.05) is 24.2 Å². The zero-order chi connectivity index (χ0) is 27.9. The Labute approximate surface area is 292 Å². The summed E-state index contributed by atoms with van der Waals surface area (Å²) in [5.74, 6) is -1.04. The number of hydrogen-bond donors (Lipinski definition) is 4. The normalized spacial score (nSPS) is 13.2. The zero-order valence-corrected chi connectivity index (χ0v) is 31.0. The molecule has 44 heavy (non-hydrogen) atoms. The van der Waals surface area contributed by atoms with Crippen molar-refractivity contribution < 1.29 is 60.6 Å². The third-order valence-corrected chi connectivity index (χ3v) is 5.97. The van der Waals surface area contributed by atoms with Crippen molar-refractivity contribution >= 4 is 0 Å². The molecule has 0 saturated carbocycles. The summed E-state index contributed by atoms with van der Waals surface area (Å²) in [6.45, 7) is 6.20. The van der Waals surface area contributed by atoms with Crippen LogP contribution < -0.4 is 0 Å². The summed E-state index contributed by atoms with van der Waals surface area (Å²) in [7, 11) is 0. The van der Waals surface area contributed by atoms with Gasteiger partial charge in [0.1, 0.15) is 0 Å². The van der Waals surface area contributed by atoms with E-state index in [2.05, 4.69) is 22.1 Å². The molecule has 4 aromatic rings. The minimum absolute atomic E-state index is 0. The van der Waals surface area contributed by atoms with E-state index in [1.165, 1.54) is 0 Å². The van der Waals surface area contributed by atoms with E-state index >= 15 is 0 Å². The van der Waals surface area contributed by atoms with Crippen molar-refractivity contribution in [1.29, 1.82) is 0 Å². The molecule has 0 aliphatic carbocycles. The summed E-state index contributed by atoms with van der Waals surface area (Å²) >= 11 is 0. The van der Waals surface area contributed by atoms with Crippen molar-refractivity contribution in [2.45, 2.75) is 52.1 Å². The van der Waals surface area contributed by atoms with Crippen LogP contribution in [0.2, 0.25) is 0 Å². The van der Waals surface area contributed by atoms with E-state index in [1.807, 2.05) is 84.9 Å². The Balaban J connectivity index is -0.000000162. The van der Waals surface area contributed by atoms with E-state index in [1.54, 1.807) is 40.1 Å². The largest absolute Gasteiger partial charge is 3.00 e. The Hall–Kier alpha value is -2.20. The minimum atomic E-state index is -0.760. The molecule has 2 aromatic carbocycles. The van der Waals surface area contributed by atoms with Crippen LogP contribution in [-0.2, 0) is 40.2 Å². The number of hydrogen-bond acceptors (Lipinski definition) is 6. The number of aliphatic hydroxyl groups is 4. The Morgan fingerprint density at radius 2 is 0.795 bits per heavy atom. The average molecular weight is 961 g/mol. The molecule has 246 valence electrons. The number of nitrogens with two attached hydrogens (primary N) is 2. The number of benzene rings is 2. The number of pyridine rings is 2. The molecule has 0 saturated heterocycles. The van der Waals surface area contributed by atoms with Gasteiger partial charge in [0.2, 0.25) is 0 Å². The maximum Gasteiger partial charge on any atom is 3.00 e. The van der Waals surface area contributed by atoms with Gasteiger partial charge in [0.25, 0.3) is 0 Å². The van der Waals surface area contributed by atoms with Gasteiger partial charge in [-0.05, 0) is 51.2 Å². The maximum absolute atomic E-state index is 9.47. The minimum Gasteiger partial charge on any atom is -0.693 e. The molecule has 4 atom stereocenters. The first-order chi connectivity index (χ1) is 18.2. The first kappa shape index (κ1) is 51.4. The van der Waals surface area contributed by atoms with E-state index in [0.29, 0.717) is 0 Å². The standard InChI is InChI=1S/2C11H8N.C10H22O4.2CH3.2Ir.2H2N/c2*1-2-6-10(7-3-1)11-8-4-5-9-12-11;1-5(11)9(6(2)12)10(7(3)13)8(4)14;;;;;;/h2*1-6,8-9H;5-14H,1-4H3;2*1H3;;;2*1H2/q2*-1;;2*-1;2*+3;2*-1. The van der Waals surface area contributed by atoms with Gasteiger partial charge >= 0.3 is 40.2 Å². The van der Waals surface area contributed by atoms with Crippen molar-refractivity contribution in [2.75, 3.05) is 0 Å². The van der Waals surface area contributed by atoms with Gasteiger partial charge in [-0.1, -0.05) is 24.3 Å². The summed E-state index contributed by atoms with van der Waals surface area (Å²) in [5, 5.41) is 37.9. The van der Waals surface area contributed by atoms with Crippen LogP contribution in [0.15, 0.2) is 97.3 Å². The van der Waals surface area contributed by atoms with Crippen molar-refractivity contribution in [2.24, 2.45) is 11.8 Å². The molecular weight excluding hydrogens is 913 g/mol. The van der Waals surface area contributed by atoms with Crippen LogP contribution in [0.25, 0.3) is 34.8 Å². The van der Waals surface area contributed by atoms with Gasteiger partial charge in [0.15, 0.2) is 0 Å². The fourth-order valence-corrected chi connectivity index (χ4v) is 4.24. The molecule has 10 heteroatoms. The second-order valence-corrected chi connectivity index (χ2v) is 9.10. The second kappa shape index (κ2) is 28.3. The molecule has 0 bridgehead atoms. The number of rotatable bonds is 7. The van der Waals surface area contributed by atoms with Crippen LogP contribution >= 0.6 is 0 Å². The van der Waals surface area contributed by atoms with Crippen LogP contribution in [0.1, 0.15) is 27.7 Å². The fraction of sp³-hybridized carbons (Fsp3) is 0.294. The Kier molecular flexibility index (Phi) is 33.0. The SMILES string of the molecule is CC(O)C(C(C)O)C(C(C)O)C(C)O.[CH3-].[CH3-].[Ir+3].[Ir+3].[NH2-].[NH2-].[c-]1ccccc1-c1ccccn1.[c-]1ccccc1-c1ccccn1.